The molecule has 1 aliphatic heterocycles. The van der Waals surface area contributed by atoms with E-state index in [4.69, 9.17) is 9.47 Å². The molecule has 184 valence electrons. The van der Waals surface area contributed by atoms with E-state index >= 15 is 0 Å². The van der Waals surface area contributed by atoms with E-state index in [1.165, 1.54) is 0 Å². The summed E-state index contributed by atoms with van der Waals surface area (Å²) in [4.78, 5) is 41.5. The molecule has 0 aliphatic carbocycles. The van der Waals surface area contributed by atoms with Gasteiger partial charge in [-0.05, 0) is 52.3 Å². The third kappa shape index (κ3) is 6.26. The summed E-state index contributed by atoms with van der Waals surface area (Å²) in [6.45, 7) is 13.7. The number of esters is 1. The second kappa shape index (κ2) is 10.9. The van der Waals surface area contributed by atoms with Crippen molar-refractivity contribution >= 4 is 29.0 Å². The van der Waals surface area contributed by atoms with E-state index in [0.29, 0.717) is 25.0 Å². The summed E-state index contributed by atoms with van der Waals surface area (Å²) in [7, 11) is 0. The fraction of sp³-hybridized carbons (Fsp3) is 0.500. The van der Waals surface area contributed by atoms with Gasteiger partial charge in [0.1, 0.15) is 11.2 Å². The van der Waals surface area contributed by atoms with E-state index in [0.717, 1.165) is 30.7 Å². The molecule has 1 amide bonds. The van der Waals surface area contributed by atoms with Gasteiger partial charge in [0.2, 0.25) is 5.43 Å². The molecule has 0 bridgehead atoms. The van der Waals surface area contributed by atoms with Gasteiger partial charge in [0.15, 0.2) is 0 Å². The van der Waals surface area contributed by atoms with Crippen molar-refractivity contribution in [1.82, 2.24) is 14.4 Å². The van der Waals surface area contributed by atoms with Crippen molar-refractivity contribution < 1.29 is 19.1 Å². The Morgan fingerprint density at radius 3 is 2.41 bits per heavy atom. The number of aryl methyl sites for hydroxylation is 1. The van der Waals surface area contributed by atoms with Gasteiger partial charge in [-0.3, -0.25) is 9.69 Å². The first-order valence-electron chi connectivity index (χ1n) is 11.8. The molecule has 1 fully saturated rings. The lowest BCUT2D eigenvalue weighted by molar-refractivity contribution is 0.0154. The van der Waals surface area contributed by atoms with Gasteiger partial charge in [-0.1, -0.05) is 18.2 Å². The molecule has 0 atom stereocenters. The molecule has 8 heteroatoms. The van der Waals surface area contributed by atoms with Gasteiger partial charge in [0.25, 0.3) is 0 Å². The number of carbonyl (C=O) groups is 2. The highest BCUT2D eigenvalue weighted by atomic mass is 16.6. The fourth-order valence-electron chi connectivity index (χ4n) is 3.91. The largest absolute Gasteiger partial charge is 0.462 e. The quantitative estimate of drug-likeness (QED) is 0.599. The number of fused-ring (bicyclic) bond motifs is 1. The number of hydrogen-bond donors (Lipinski definition) is 0. The van der Waals surface area contributed by atoms with Crippen LogP contribution in [0.15, 0.2) is 35.3 Å². The third-order valence-electron chi connectivity index (χ3n) is 5.64. The van der Waals surface area contributed by atoms with E-state index < -0.39 is 11.6 Å². The predicted octanol–water partition coefficient (Wildman–Crippen LogP) is 3.76. The zero-order chi connectivity index (χ0) is 24.9. The average molecular weight is 470 g/mol. The zero-order valence-corrected chi connectivity index (χ0v) is 20.8. The SMILES string of the molecule is CCOC(=O)c1cn(CC)c2ccc(/C=C/CN3CCN(C(=O)OC(C)(C)C)CC3)cc2c1=O. The zero-order valence-electron chi connectivity index (χ0n) is 20.8. The van der Waals surface area contributed by atoms with Crippen LogP contribution in [0.25, 0.3) is 17.0 Å². The predicted molar refractivity (Wildman–Crippen MR) is 133 cm³/mol. The molecule has 0 spiro atoms. The number of nitrogens with zero attached hydrogens (tertiary/aromatic N) is 3. The lowest BCUT2D eigenvalue weighted by Gasteiger charge is -2.35. The number of carbonyl (C=O) groups excluding carboxylic acids is 2. The summed E-state index contributed by atoms with van der Waals surface area (Å²) in [5.41, 5.74) is 0.928. The molecule has 1 saturated heterocycles. The van der Waals surface area contributed by atoms with Crippen LogP contribution in [-0.4, -0.2) is 71.4 Å². The van der Waals surface area contributed by atoms with Crippen LogP contribution in [0.1, 0.15) is 50.5 Å². The third-order valence-corrected chi connectivity index (χ3v) is 5.64. The van der Waals surface area contributed by atoms with Gasteiger partial charge >= 0.3 is 12.1 Å². The van der Waals surface area contributed by atoms with Crippen molar-refractivity contribution in [3.63, 3.8) is 0 Å². The van der Waals surface area contributed by atoms with E-state index in [1.54, 1.807) is 18.0 Å². The second-order valence-corrected chi connectivity index (χ2v) is 9.33. The summed E-state index contributed by atoms with van der Waals surface area (Å²) in [5, 5.41) is 0.500. The van der Waals surface area contributed by atoms with Crippen LogP contribution >= 0.6 is 0 Å². The normalized spacial score (nSPS) is 15.1. The first-order chi connectivity index (χ1) is 16.1. The van der Waals surface area contributed by atoms with Gasteiger partial charge < -0.3 is 18.9 Å². The Hall–Kier alpha value is -3.13. The molecule has 34 heavy (non-hydrogen) atoms. The molecule has 1 aromatic carbocycles. The number of benzene rings is 1. The molecule has 0 unspecified atom stereocenters. The summed E-state index contributed by atoms with van der Waals surface area (Å²) in [6.07, 6.45) is 5.35. The highest BCUT2D eigenvalue weighted by Crippen LogP contribution is 2.17. The maximum absolute atomic E-state index is 13.0. The van der Waals surface area contributed by atoms with Crippen molar-refractivity contribution in [2.24, 2.45) is 0 Å². The lowest BCUT2D eigenvalue weighted by Crippen LogP contribution is -2.49. The van der Waals surface area contributed by atoms with Crippen molar-refractivity contribution in [2.45, 2.75) is 46.8 Å². The van der Waals surface area contributed by atoms with Gasteiger partial charge in [0, 0.05) is 50.9 Å². The van der Waals surface area contributed by atoms with Gasteiger partial charge in [-0.2, -0.15) is 0 Å². The number of rotatable bonds is 6. The molecule has 2 aromatic rings. The summed E-state index contributed by atoms with van der Waals surface area (Å²) in [6, 6.07) is 5.70. The smallest absolute Gasteiger partial charge is 0.410 e. The molecule has 2 heterocycles. The molecule has 1 aliphatic rings. The van der Waals surface area contributed by atoms with Crippen LogP contribution in [0.2, 0.25) is 0 Å². The number of ether oxygens (including phenoxy) is 2. The number of hydrogen-bond acceptors (Lipinski definition) is 6. The molecule has 3 rings (SSSR count). The second-order valence-electron chi connectivity index (χ2n) is 9.33. The maximum Gasteiger partial charge on any atom is 0.410 e. The Kier molecular flexibility index (Phi) is 8.15. The monoisotopic (exact) mass is 469 g/mol. The molecular weight excluding hydrogens is 434 g/mol. The van der Waals surface area contributed by atoms with Crippen LogP contribution < -0.4 is 5.43 Å². The maximum atomic E-state index is 13.0. The van der Waals surface area contributed by atoms with Crippen LogP contribution in [0, 0.1) is 0 Å². The van der Waals surface area contributed by atoms with Crippen LogP contribution in [0.4, 0.5) is 4.79 Å². The molecule has 0 saturated carbocycles. The van der Waals surface area contributed by atoms with Gasteiger partial charge in [-0.15, -0.1) is 0 Å². The first kappa shape index (κ1) is 25.5. The van der Waals surface area contributed by atoms with Crippen LogP contribution in [0.5, 0.6) is 0 Å². The summed E-state index contributed by atoms with van der Waals surface area (Å²) in [5.74, 6) is -0.594. The van der Waals surface area contributed by atoms with Crippen molar-refractivity contribution in [1.29, 1.82) is 0 Å². The minimum Gasteiger partial charge on any atom is -0.462 e. The highest BCUT2D eigenvalue weighted by Gasteiger charge is 2.25. The number of amides is 1. The van der Waals surface area contributed by atoms with Crippen molar-refractivity contribution in [3.8, 4) is 0 Å². The topological polar surface area (TPSA) is 81.1 Å². The van der Waals surface area contributed by atoms with Gasteiger partial charge in [-0.25, -0.2) is 9.59 Å². The number of aromatic nitrogens is 1. The van der Waals surface area contributed by atoms with Crippen molar-refractivity contribution in [2.75, 3.05) is 39.3 Å². The van der Waals surface area contributed by atoms with Gasteiger partial charge in [0.05, 0.1) is 12.1 Å². The fourth-order valence-corrected chi connectivity index (χ4v) is 3.91. The van der Waals surface area contributed by atoms with E-state index in [2.05, 4.69) is 11.0 Å². The number of pyridine rings is 1. The van der Waals surface area contributed by atoms with Crippen LogP contribution in [-0.2, 0) is 16.0 Å². The summed E-state index contributed by atoms with van der Waals surface area (Å²) >= 11 is 0. The Labute approximate surface area is 200 Å². The minimum atomic E-state index is -0.594. The van der Waals surface area contributed by atoms with E-state index in [1.807, 2.05) is 56.5 Å². The molecule has 1 aromatic heterocycles. The molecule has 8 nitrogen and oxygen atoms in total. The Morgan fingerprint density at radius 2 is 1.79 bits per heavy atom. The van der Waals surface area contributed by atoms with E-state index in [-0.39, 0.29) is 23.7 Å². The average Bonchev–Trinajstić information content (AvgIpc) is 2.79. The summed E-state index contributed by atoms with van der Waals surface area (Å²) < 4.78 is 12.4. The number of piperazine rings is 1. The van der Waals surface area contributed by atoms with Crippen LogP contribution in [0.3, 0.4) is 0 Å². The highest BCUT2D eigenvalue weighted by molar-refractivity contribution is 5.94. The minimum absolute atomic E-state index is 0.0557. The van der Waals surface area contributed by atoms with Crippen molar-refractivity contribution in [3.05, 3.63) is 51.8 Å². The van der Waals surface area contributed by atoms with E-state index in [9.17, 15) is 14.4 Å². The first-order valence-corrected chi connectivity index (χ1v) is 11.8. The molecular formula is C26H35N3O5. The Balaban J connectivity index is 1.68. The Bertz CT molecular complexity index is 1120. The lowest BCUT2D eigenvalue weighted by atomic mass is 10.1. The molecule has 0 N–H and O–H groups in total. The standard InChI is InChI=1S/C26H35N3O5/c1-6-28-18-21(24(31)33-7-2)23(30)20-17-19(10-11-22(20)28)9-8-12-27-13-15-29(16-14-27)25(32)34-26(3,4)5/h8-11,17-18H,6-7,12-16H2,1-5H3/b9-8+. The Morgan fingerprint density at radius 1 is 1.09 bits per heavy atom. The molecule has 0 radical (unpaired) electrons.